The van der Waals surface area contributed by atoms with Crippen molar-refractivity contribution < 1.29 is 4.39 Å². The normalized spacial score (nSPS) is 24.0. The van der Waals surface area contributed by atoms with E-state index in [-0.39, 0.29) is 16.9 Å². The minimum absolute atomic E-state index is 0.0415. The molecule has 2 N–H and O–H groups in total. The van der Waals surface area contributed by atoms with E-state index in [9.17, 15) is 4.39 Å². The first-order chi connectivity index (χ1) is 10.2. The van der Waals surface area contributed by atoms with Gasteiger partial charge in [0.15, 0.2) is 5.96 Å². The van der Waals surface area contributed by atoms with Crippen molar-refractivity contribution >= 4 is 17.6 Å². The molecule has 0 radical (unpaired) electrons. The molecule has 1 aromatic rings. The number of aliphatic imine (C=N–C) groups is 1. The van der Waals surface area contributed by atoms with Crippen LogP contribution in [0.15, 0.2) is 23.2 Å². The highest BCUT2D eigenvalue weighted by Crippen LogP contribution is 2.33. The van der Waals surface area contributed by atoms with Crippen LogP contribution in [0, 0.1) is 5.82 Å². The van der Waals surface area contributed by atoms with Crippen LogP contribution in [0.5, 0.6) is 0 Å². The SMILES string of the molecule is NC1=NCC(c2ccc(Cl)c(F)c2)N1C1CCCCCC1. The fourth-order valence-corrected chi connectivity index (χ4v) is 3.59. The van der Waals surface area contributed by atoms with Gasteiger partial charge in [0.2, 0.25) is 0 Å². The Morgan fingerprint density at radius 2 is 1.90 bits per heavy atom. The lowest BCUT2D eigenvalue weighted by molar-refractivity contribution is 0.237. The number of nitrogens with two attached hydrogens (primary N) is 1. The van der Waals surface area contributed by atoms with Gasteiger partial charge in [0, 0.05) is 6.04 Å². The zero-order valence-electron chi connectivity index (χ0n) is 12.1. The van der Waals surface area contributed by atoms with Crippen LogP contribution in [0.4, 0.5) is 4.39 Å². The molecule has 2 aliphatic rings. The molecular weight excluding hydrogens is 289 g/mol. The summed E-state index contributed by atoms with van der Waals surface area (Å²) in [6.45, 7) is 0.601. The monoisotopic (exact) mass is 309 g/mol. The molecule has 0 aromatic heterocycles. The van der Waals surface area contributed by atoms with Gasteiger partial charge in [0.1, 0.15) is 5.82 Å². The molecule has 1 fully saturated rings. The Morgan fingerprint density at radius 1 is 1.19 bits per heavy atom. The molecule has 5 heteroatoms. The number of benzene rings is 1. The zero-order valence-corrected chi connectivity index (χ0v) is 12.8. The smallest absolute Gasteiger partial charge is 0.192 e. The number of hydrogen-bond acceptors (Lipinski definition) is 3. The number of halogens is 2. The van der Waals surface area contributed by atoms with E-state index in [0.29, 0.717) is 18.5 Å². The average molecular weight is 310 g/mol. The highest BCUT2D eigenvalue weighted by atomic mass is 35.5. The van der Waals surface area contributed by atoms with E-state index in [0.717, 1.165) is 18.4 Å². The number of hydrogen-bond donors (Lipinski definition) is 1. The zero-order chi connectivity index (χ0) is 14.8. The maximum atomic E-state index is 13.7. The predicted octanol–water partition coefficient (Wildman–Crippen LogP) is 3.87. The Labute approximate surface area is 130 Å². The highest BCUT2D eigenvalue weighted by Gasteiger charge is 2.33. The summed E-state index contributed by atoms with van der Waals surface area (Å²) in [6, 6.07) is 5.48. The number of nitrogens with zero attached hydrogens (tertiary/aromatic N) is 2. The summed E-state index contributed by atoms with van der Waals surface area (Å²) in [5.41, 5.74) is 7.02. The van der Waals surface area contributed by atoms with Gasteiger partial charge in [-0.05, 0) is 30.5 Å². The van der Waals surface area contributed by atoms with Crippen molar-refractivity contribution in [3.8, 4) is 0 Å². The number of rotatable bonds is 2. The summed E-state index contributed by atoms with van der Waals surface area (Å²) in [5.74, 6) is 0.225. The summed E-state index contributed by atoms with van der Waals surface area (Å²) in [6.07, 6.45) is 7.33. The van der Waals surface area contributed by atoms with Crippen molar-refractivity contribution in [3.63, 3.8) is 0 Å². The summed E-state index contributed by atoms with van der Waals surface area (Å²) in [4.78, 5) is 6.60. The van der Waals surface area contributed by atoms with Gasteiger partial charge < -0.3 is 10.6 Å². The first kappa shape index (κ1) is 14.6. The van der Waals surface area contributed by atoms with Crippen molar-refractivity contribution in [3.05, 3.63) is 34.6 Å². The van der Waals surface area contributed by atoms with Gasteiger partial charge in [-0.1, -0.05) is 43.4 Å². The van der Waals surface area contributed by atoms with E-state index in [4.69, 9.17) is 17.3 Å². The fraction of sp³-hybridized carbons (Fsp3) is 0.562. The van der Waals surface area contributed by atoms with Crippen LogP contribution in [-0.2, 0) is 0 Å². The van der Waals surface area contributed by atoms with Crippen molar-refractivity contribution in [2.75, 3.05) is 6.54 Å². The van der Waals surface area contributed by atoms with Crippen molar-refractivity contribution in [1.29, 1.82) is 0 Å². The topological polar surface area (TPSA) is 41.6 Å². The van der Waals surface area contributed by atoms with Gasteiger partial charge in [0.05, 0.1) is 17.6 Å². The minimum Gasteiger partial charge on any atom is -0.370 e. The summed E-state index contributed by atoms with van der Waals surface area (Å²) < 4.78 is 13.7. The van der Waals surface area contributed by atoms with E-state index in [1.54, 1.807) is 6.07 Å². The molecule has 3 rings (SSSR count). The van der Waals surface area contributed by atoms with Crippen LogP contribution in [0.2, 0.25) is 5.02 Å². The Balaban J connectivity index is 1.85. The van der Waals surface area contributed by atoms with Crippen LogP contribution in [0.3, 0.4) is 0 Å². The largest absolute Gasteiger partial charge is 0.370 e. The van der Waals surface area contributed by atoms with Crippen molar-refractivity contribution in [1.82, 2.24) is 4.90 Å². The third-order valence-electron chi connectivity index (χ3n) is 4.57. The van der Waals surface area contributed by atoms with Crippen molar-refractivity contribution in [2.24, 2.45) is 10.7 Å². The Hall–Kier alpha value is -1.29. The molecule has 0 bridgehead atoms. The van der Waals surface area contributed by atoms with E-state index in [1.165, 1.54) is 31.7 Å². The quantitative estimate of drug-likeness (QED) is 0.843. The first-order valence-corrected chi connectivity index (χ1v) is 8.08. The standard InChI is InChI=1S/C16H21ClFN3/c17-13-8-7-11(9-14(13)18)15-10-20-16(19)21(15)12-5-3-1-2-4-6-12/h7-9,12,15H,1-6,10H2,(H2,19,20). The summed E-state index contributed by atoms with van der Waals surface area (Å²) >= 11 is 5.78. The lowest BCUT2D eigenvalue weighted by atomic mass is 10.0. The molecule has 1 aliphatic carbocycles. The second-order valence-electron chi connectivity index (χ2n) is 5.94. The average Bonchev–Trinajstić information content (AvgIpc) is 2.69. The third kappa shape index (κ3) is 3.00. The van der Waals surface area contributed by atoms with E-state index in [1.807, 2.05) is 6.07 Å². The molecule has 1 aliphatic heterocycles. The number of guanidine groups is 1. The van der Waals surface area contributed by atoms with Gasteiger partial charge in [-0.2, -0.15) is 0 Å². The van der Waals surface area contributed by atoms with Crippen LogP contribution >= 0.6 is 11.6 Å². The second-order valence-corrected chi connectivity index (χ2v) is 6.35. The van der Waals surface area contributed by atoms with E-state index in [2.05, 4.69) is 9.89 Å². The second kappa shape index (κ2) is 6.22. The lowest BCUT2D eigenvalue weighted by Gasteiger charge is -2.34. The Bertz CT molecular complexity index is 538. The Kier molecular flexibility index (Phi) is 4.34. The van der Waals surface area contributed by atoms with Crippen molar-refractivity contribution in [2.45, 2.75) is 50.6 Å². The highest BCUT2D eigenvalue weighted by molar-refractivity contribution is 6.30. The fourth-order valence-electron chi connectivity index (χ4n) is 3.47. The van der Waals surface area contributed by atoms with Gasteiger partial charge in [-0.25, -0.2) is 4.39 Å². The van der Waals surface area contributed by atoms with Crippen LogP contribution in [0.1, 0.15) is 50.1 Å². The van der Waals surface area contributed by atoms with Gasteiger partial charge in [-0.3, -0.25) is 4.99 Å². The molecule has 21 heavy (non-hydrogen) atoms. The lowest BCUT2D eigenvalue weighted by Crippen LogP contribution is -2.43. The Morgan fingerprint density at radius 3 is 2.57 bits per heavy atom. The molecular formula is C16H21ClFN3. The molecule has 0 saturated heterocycles. The third-order valence-corrected chi connectivity index (χ3v) is 4.88. The molecule has 114 valence electrons. The first-order valence-electron chi connectivity index (χ1n) is 7.70. The molecule has 1 atom stereocenters. The van der Waals surface area contributed by atoms with Gasteiger partial charge in [0.25, 0.3) is 0 Å². The summed E-state index contributed by atoms with van der Waals surface area (Å²) in [7, 11) is 0. The van der Waals surface area contributed by atoms with Crippen LogP contribution in [0.25, 0.3) is 0 Å². The molecule has 0 amide bonds. The molecule has 0 spiro atoms. The van der Waals surface area contributed by atoms with Crippen LogP contribution in [-0.4, -0.2) is 23.4 Å². The molecule has 1 heterocycles. The molecule has 3 nitrogen and oxygen atoms in total. The van der Waals surface area contributed by atoms with E-state index < -0.39 is 0 Å². The predicted molar refractivity (Wildman–Crippen MR) is 84.0 cm³/mol. The molecule has 1 unspecified atom stereocenters. The maximum Gasteiger partial charge on any atom is 0.192 e. The van der Waals surface area contributed by atoms with Crippen LogP contribution < -0.4 is 5.73 Å². The maximum absolute atomic E-state index is 13.7. The summed E-state index contributed by atoms with van der Waals surface area (Å²) in [5, 5.41) is 0.159. The van der Waals surface area contributed by atoms with Gasteiger partial charge in [-0.15, -0.1) is 0 Å². The van der Waals surface area contributed by atoms with Gasteiger partial charge >= 0.3 is 0 Å². The van der Waals surface area contributed by atoms with E-state index >= 15 is 0 Å². The molecule has 1 saturated carbocycles. The molecule has 1 aromatic carbocycles. The minimum atomic E-state index is -0.375.